The first-order chi connectivity index (χ1) is 11.8. The van der Waals surface area contributed by atoms with Crippen LogP contribution in [-0.2, 0) is 9.84 Å². The molecule has 0 aliphatic heterocycles. The topological polar surface area (TPSA) is 68.1 Å². The van der Waals surface area contributed by atoms with Gasteiger partial charge in [-0.15, -0.1) is 0 Å². The summed E-state index contributed by atoms with van der Waals surface area (Å²) >= 11 is 0. The molecule has 0 saturated carbocycles. The Balaban J connectivity index is 2.04. The molecule has 0 unspecified atom stereocenters. The van der Waals surface area contributed by atoms with Crippen molar-refractivity contribution in [2.24, 2.45) is 0 Å². The highest BCUT2D eigenvalue weighted by molar-refractivity contribution is 7.90. The zero-order valence-corrected chi connectivity index (χ0v) is 15.4. The van der Waals surface area contributed by atoms with Crippen LogP contribution in [0.4, 0.5) is 5.69 Å². The largest absolute Gasteiger partial charge is 0.378 e. The predicted molar refractivity (Wildman–Crippen MR) is 99.0 cm³/mol. The summed E-state index contributed by atoms with van der Waals surface area (Å²) in [4.78, 5) is 6.81. The van der Waals surface area contributed by atoms with Gasteiger partial charge in [0, 0.05) is 31.6 Å². The van der Waals surface area contributed by atoms with Gasteiger partial charge in [-0.1, -0.05) is 0 Å². The first kappa shape index (κ1) is 17.2. The van der Waals surface area contributed by atoms with E-state index < -0.39 is 9.84 Å². The van der Waals surface area contributed by atoms with Crippen molar-refractivity contribution in [3.8, 4) is 17.1 Å². The van der Waals surface area contributed by atoms with Crippen LogP contribution in [0.2, 0.25) is 0 Å². The number of sulfone groups is 1. The van der Waals surface area contributed by atoms with E-state index in [0.29, 0.717) is 11.6 Å². The highest BCUT2D eigenvalue weighted by atomic mass is 32.2. The van der Waals surface area contributed by atoms with Gasteiger partial charge in [0.2, 0.25) is 0 Å². The molecule has 1 aromatic heterocycles. The van der Waals surface area contributed by atoms with E-state index >= 15 is 0 Å². The van der Waals surface area contributed by atoms with Crippen LogP contribution in [0.5, 0.6) is 0 Å². The molecule has 0 aliphatic rings. The summed E-state index contributed by atoms with van der Waals surface area (Å²) in [6.45, 7) is 1.83. The number of anilines is 1. The highest BCUT2D eigenvalue weighted by Crippen LogP contribution is 2.24. The maximum absolute atomic E-state index is 11.6. The number of nitrogens with zero attached hydrogens (tertiary/aromatic N) is 4. The molecule has 25 heavy (non-hydrogen) atoms. The average Bonchev–Trinajstić information content (AvgIpc) is 2.96. The zero-order valence-electron chi connectivity index (χ0n) is 14.6. The fourth-order valence-corrected chi connectivity index (χ4v) is 3.16. The standard InChI is InChI=1S/C18H20N4O2S/c1-13-19-18(14-5-11-17(12-6-14)25(4,23)24)22(20-13)16-9-7-15(8-10-16)21(2)3/h5-12H,1-4H3. The van der Waals surface area contributed by atoms with E-state index in [1.54, 1.807) is 28.9 Å². The SMILES string of the molecule is Cc1nc(-c2ccc(S(C)(=O)=O)cc2)n(-c2ccc(N(C)C)cc2)n1. The summed E-state index contributed by atoms with van der Waals surface area (Å²) in [5.41, 5.74) is 2.80. The van der Waals surface area contributed by atoms with Gasteiger partial charge in [0.05, 0.1) is 10.6 Å². The molecule has 0 atom stereocenters. The molecule has 0 aliphatic carbocycles. The Kier molecular flexibility index (Phi) is 4.34. The van der Waals surface area contributed by atoms with Crippen LogP contribution in [0, 0.1) is 6.92 Å². The maximum Gasteiger partial charge on any atom is 0.175 e. The van der Waals surface area contributed by atoms with Crippen molar-refractivity contribution in [2.75, 3.05) is 25.3 Å². The smallest absolute Gasteiger partial charge is 0.175 e. The molecule has 0 amide bonds. The monoisotopic (exact) mass is 356 g/mol. The van der Waals surface area contributed by atoms with Crippen LogP contribution in [-0.4, -0.2) is 43.5 Å². The van der Waals surface area contributed by atoms with Crippen molar-refractivity contribution in [3.05, 3.63) is 54.4 Å². The van der Waals surface area contributed by atoms with E-state index in [-0.39, 0.29) is 4.90 Å². The summed E-state index contributed by atoms with van der Waals surface area (Å²) in [5, 5.41) is 4.48. The Hall–Kier alpha value is -2.67. The van der Waals surface area contributed by atoms with Crippen LogP contribution in [0.3, 0.4) is 0 Å². The fraction of sp³-hybridized carbons (Fsp3) is 0.222. The van der Waals surface area contributed by atoms with Gasteiger partial charge < -0.3 is 4.90 Å². The van der Waals surface area contributed by atoms with E-state index in [1.165, 1.54) is 6.26 Å². The average molecular weight is 356 g/mol. The molecule has 0 radical (unpaired) electrons. The third-order valence-corrected chi connectivity index (χ3v) is 4.99. The molecule has 2 aromatic carbocycles. The molecule has 3 aromatic rings. The summed E-state index contributed by atoms with van der Waals surface area (Å²) in [6.07, 6.45) is 1.20. The molecule has 1 heterocycles. The van der Waals surface area contributed by atoms with E-state index in [4.69, 9.17) is 0 Å². The first-order valence-corrected chi connectivity index (χ1v) is 9.67. The van der Waals surface area contributed by atoms with Crippen LogP contribution < -0.4 is 4.90 Å². The van der Waals surface area contributed by atoms with Crippen molar-refractivity contribution in [1.29, 1.82) is 0 Å². The van der Waals surface area contributed by atoms with Crippen molar-refractivity contribution in [3.63, 3.8) is 0 Å². The van der Waals surface area contributed by atoms with Gasteiger partial charge in [0.1, 0.15) is 5.82 Å². The summed E-state index contributed by atoms with van der Waals surface area (Å²) < 4.78 is 25.0. The van der Waals surface area contributed by atoms with Gasteiger partial charge >= 0.3 is 0 Å². The van der Waals surface area contributed by atoms with Crippen LogP contribution in [0.15, 0.2) is 53.4 Å². The summed E-state index contributed by atoms with van der Waals surface area (Å²) in [7, 11) is 0.760. The van der Waals surface area contributed by atoms with Crippen LogP contribution in [0.25, 0.3) is 17.1 Å². The molecule has 3 rings (SSSR count). The first-order valence-electron chi connectivity index (χ1n) is 7.77. The third-order valence-electron chi connectivity index (χ3n) is 3.86. The van der Waals surface area contributed by atoms with Crippen molar-refractivity contribution < 1.29 is 8.42 Å². The van der Waals surface area contributed by atoms with Gasteiger partial charge in [0.25, 0.3) is 0 Å². The van der Waals surface area contributed by atoms with Crippen molar-refractivity contribution in [1.82, 2.24) is 14.8 Å². The highest BCUT2D eigenvalue weighted by Gasteiger charge is 2.13. The minimum atomic E-state index is -3.22. The van der Waals surface area contributed by atoms with Gasteiger partial charge in [-0.05, 0) is 55.5 Å². The molecule has 0 saturated heterocycles. The van der Waals surface area contributed by atoms with Gasteiger partial charge in [-0.3, -0.25) is 0 Å². The molecule has 0 spiro atoms. The third kappa shape index (κ3) is 3.56. The van der Waals surface area contributed by atoms with Crippen molar-refractivity contribution in [2.45, 2.75) is 11.8 Å². The lowest BCUT2D eigenvalue weighted by Gasteiger charge is -2.13. The molecule has 7 heteroatoms. The Labute approximate surface area is 147 Å². The summed E-state index contributed by atoms with van der Waals surface area (Å²) in [6, 6.07) is 14.7. The molecule has 130 valence electrons. The van der Waals surface area contributed by atoms with Crippen molar-refractivity contribution >= 4 is 15.5 Å². The number of hydrogen-bond acceptors (Lipinski definition) is 5. The number of aryl methyl sites for hydroxylation is 1. The Morgan fingerprint density at radius 1 is 0.960 bits per heavy atom. The van der Waals surface area contributed by atoms with E-state index in [9.17, 15) is 8.42 Å². The normalized spacial score (nSPS) is 11.5. The number of rotatable bonds is 4. The number of hydrogen-bond donors (Lipinski definition) is 0. The number of benzene rings is 2. The van der Waals surface area contributed by atoms with Crippen LogP contribution >= 0.6 is 0 Å². The second-order valence-electron chi connectivity index (χ2n) is 6.10. The van der Waals surface area contributed by atoms with Gasteiger partial charge in [-0.2, -0.15) is 5.10 Å². The molecular weight excluding hydrogens is 336 g/mol. The quantitative estimate of drug-likeness (QED) is 0.719. The zero-order chi connectivity index (χ0) is 18.2. The molecule has 0 bridgehead atoms. The Morgan fingerprint density at radius 2 is 1.56 bits per heavy atom. The molecular formula is C18H20N4O2S. The lowest BCUT2D eigenvalue weighted by atomic mass is 10.2. The fourth-order valence-electron chi connectivity index (χ4n) is 2.53. The lowest BCUT2D eigenvalue weighted by molar-refractivity contribution is 0.602. The van der Waals surface area contributed by atoms with E-state index in [0.717, 1.165) is 16.9 Å². The minimum absolute atomic E-state index is 0.286. The second kappa shape index (κ2) is 6.33. The second-order valence-corrected chi connectivity index (χ2v) is 8.12. The van der Waals surface area contributed by atoms with Gasteiger partial charge in [-0.25, -0.2) is 18.1 Å². The molecule has 0 fully saturated rings. The molecule has 6 nitrogen and oxygen atoms in total. The Morgan fingerprint density at radius 3 is 2.08 bits per heavy atom. The predicted octanol–water partition coefficient (Wildman–Crippen LogP) is 2.71. The minimum Gasteiger partial charge on any atom is -0.378 e. The Bertz CT molecular complexity index is 989. The summed E-state index contributed by atoms with van der Waals surface area (Å²) in [5.74, 6) is 1.33. The van der Waals surface area contributed by atoms with E-state index in [2.05, 4.69) is 10.1 Å². The molecule has 0 N–H and O–H groups in total. The lowest BCUT2D eigenvalue weighted by Crippen LogP contribution is -2.08. The number of aromatic nitrogens is 3. The van der Waals surface area contributed by atoms with E-state index in [1.807, 2.05) is 50.2 Å². The van der Waals surface area contributed by atoms with Crippen LogP contribution in [0.1, 0.15) is 5.82 Å². The van der Waals surface area contributed by atoms with Gasteiger partial charge in [0.15, 0.2) is 15.7 Å². The maximum atomic E-state index is 11.6.